The van der Waals surface area contributed by atoms with E-state index in [-0.39, 0.29) is 19.4 Å². The first-order chi connectivity index (χ1) is 6.35. The van der Waals surface area contributed by atoms with Gasteiger partial charge in [0.25, 0.3) is 0 Å². The number of hydrogen-bond acceptors (Lipinski definition) is 3. The molecule has 0 radical (unpaired) electrons. The molecule has 1 unspecified atom stereocenters. The van der Waals surface area contributed by atoms with Crippen molar-refractivity contribution in [3.8, 4) is 0 Å². The molecule has 0 amide bonds. The van der Waals surface area contributed by atoms with Crippen LogP contribution in [-0.2, 0) is 13.7 Å². The summed E-state index contributed by atoms with van der Waals surface area (Å²) in [7, 11) is -7.10. The van der Waals surface area contributed by atoms with Crippen molar-refractivity contribution in [2.45, 2.75) is 38.5 Å². The van der Waals surface area contributed by atoms with Gasteiger partial charge in [0, 0.05) is 0 Å². The van der Waals surface area contributed by atoms with Crippen LogP contribution in [0.2, 0.25) is 0 Å². The smallest absolute Gasteiger partial charge is 0.330 e. The molecule has 0 aromatic rings. The predicted octanol–water partition coefficient (Wildman–Crippen LogP) is 2.19. The Morgan fingerprint density at radius 1 is 1.29 bits per heavy atom. The standard InChI is InChI=1S/C7H18O5P2/c1-4-7(5-2,14(9,10)11)13(8)12-6-3/h13H,4-6H2,1-3H3,(H2,9,10,11). The Labute approximate surface area is 84.9 Å². The van der Waals surface area contributed by atoms with Gasteiger partial charge >= 0.3 is 7.60 Å². The summed E-state index contributed by atoms with van der Waals surface area (Å²) < 4.78 is 27.8. The number of hydrogen-bond donors (Lipinski definition) is 2. The molecule has 0 saturated heterocycles. The molecule has 0 aliphatic heterocycles. The zero-order valence-corrected chi connectivity index (χ0v) is 10.6. The van der Waals surface area contributed by atoms with E-state index in [9.17, 15) is 18.9 Å². The van der Waals surface area contributed by atoms with Gasteiger partial charge in [0.2, 0.25) is 8.03 Å². The fourth-order valence-corrected chi connectivity index (χ4v) is 4.41. The first kappa shape index (κ1) is 14.3. The van der Waals surface area contributed by atoms with Crippen LogP contribution in [-0.4, -0.2) is 21.3 Å². The lowest BCUT2D eigenvalue weighted by Crippen LogP contribution is -2.23. The highest BCUT2D eigenvalue weighted by Crippen LogP contribution is 2.66. The largest absolute Gasteiger partial charge is 0.340 e. The molecule has 0 rings (SSSR count). The molecule has 0 spiro atoms. The lowest BCUT2D eigenvalue weighted by atomic mass is 10.2. The molecule has 14 heavy (non-hydrogen) atoms. The van der Waals surface area contributed by atoms with Crippen LogP contribution in [0.25, 0.3) is 0 Å². The van der Waals surface area contributed by atoms with Gasteiger partial charge in [-0.05, 0) is 19.8 Å². The van der Waals surface area contributed by atoms with Crippen LogP contribution in [0.3, 0.4) is 0 Å². The van der Waals surface area contributed by atoms with Gasteiger partial charge < -0.3 is 14.3 Å². The maximum Gasteiger partial charge on any atom is 0.340 e. The molecular weight excluding hydrogens is 226 g/mol. The van der Waals surface area contributed by atoms with Crippen molar-refractivity contribution in [3.05, 3.63) is 0 Å². The van der Waals surface area contributed by atoms with Gasteiger partial charge in [-0.25, -0.2) is 0 Å². The monoisotopic (exact) mass is 244 g/mol. The van der Waals surface area contributed by atoms with Crippen LogP contribution in [0.5, 0.6) is 0 Å². The molecule has 0 aliphatic carbocycles. The third-order valence-electron chi connectivity index (χ3n) is 2.38. The second-order valence-corrected chi connectivity index (χ2v) is 7.19. The molecular formula is C7H18O5P2. The van der Waals surface area contributed by atoms with Gasteiger partial charge in [0.1, 0.15) is 4.90 Å². The minimum absolute atomic E-state index is 0.158. The molecule has 1 atom stereocenters. The maximum atomic E-state index is 11.6. The van der Waals surface area contributed by atoms with Gasteiger partial charge in [-0.2, -0.15) is 0 Å². The van der Waals surface area contributed by atoms with E-state index in [4.69, 9.17) is 4.52 Å². The van der Waals surface area contributed by atoms with Crippen LogP contribution in [0, 0.1) is 0 Å². The first-order valence-electron chi connectivity index (χ1n) is 4.58. The van der Waals surface area contributed by atoms with Crippen LogP contribution in [0.15, 0.2) is 0 Å². The van der Waals surface area contributed by atoms with Crippen molar-refractivity contribution < 1.29 is 23.4 Å². The topological polar surface area (TPSA) is 83.8 Å². The number of rotatable bonds is 6. The Hall–Kier alpha value is 0.340. The molecule has 0 saturated carbocycles. The highest BCUT2D eigenvalue weighted by Gasteiger charge is 2.49. The lowest BCUT2D eigenvalue weighted by Gasteiger charge is -2.30. The Kier molecular flexibility index (Phi) is 5.56. The fraction of sp³-hybridized carbons (Fsp3) is 1.00. The van der Waals surface area contributed by atoms with E-state index in [0.717, 1.165) is 0 Å². The van der Waals surface area contributed by atoms with Gasteiger partial charge in [0.15, 0.2) is 0 Å². The summed E-state index contributed by atoms with van der Waals surface area (Å²) in [5, 5.41) is 0. The molecule has 0 fully saturated rings. The summed E-state index contributed by atoms with van der Waals surface area (Å²) in [4.78, 5) is 16.9. The summed E-state index contributed by atoms with van der Waals surface area (Å²) in [6.07, 6.45) is 0.317. The van der Waals surface area contributed by atoms with Crippen molar-refractivity contribution in [3.63, 3.8) is 0 Å². The lowest BCUT2D eigenvalue weighted by molar-refractivity contribution is 0.308. The van der Waals surface area contributed by atoms with E-state index in [0.29, 0.717) is 0 Å². The van der Waals surface area contributed by atoms with Gasteiger partial charge in [-0.15, -0.1) is 0 Å². The zero-order chi connectivity index (χ0) is 11.4. The Balaban J connectivity index is 5.08. The van der Waals surface area contributed by atoms with Gasteiger partial charge in [0.05, 0.1) is 6.61 Å². The van der Waals surface area contributed by atoms with E-state index in [1.54, 1.807) is 20.8 Å². The van der Waals surface area contributed by atoms with Crippen molar-refractivity contribution >= 4 is 15.6 Å². The molecule has 0 bridgehead atoms. The molecule has 2 N–H and O–H groups in total. The summed E-state index contributed by atoms with van der Waals surface area (Å²) >= 11 is 0. The van der Waals surface area contributed by atoms with E-state index in [1.807, 2.05) is 0 Å². The van der Waals surface area contributed by atoms with Crippen molar-refractivity contribution in [1.29, 1.82) is 0 Å². The average Bonchev–Trinajstić information content (AvgIpc) is 2.05. The minimum atomic E-state index is -4.38. The van der Waals surface area contributed by atoms with E-state index in [2.05, 4.69) is 0 Å². The Bertz CT molecular complexity index is 242. The summed E-state index contributed by atoms with van der Waals surface area (Å²) in [6.45, 7) is 5.09. The van der Waals surface area contributed by atoms with E-state index >= 15 is 0 Å². The molecule has 0 aliphatic rings. The van der Waals surface area contributed by atoms with E-state index in [1.165, 1.54) is 0 Å². The predicted molar refractivity (Wildman–Crippen MR) is 56.0 cm³/mol. The molecule has 5 nitrogen and oxygen atoms in total. The zero-order valence-electron chi connectivity index (χ0n) is 8.69. The second kappa shape index (κ2) is 5.43. The Morgan fingerprint density at radius 2 is 1.71 bits per heavy atom. The van der Waals surface area contributed by atoms with Gasteiger partial charge in [-0.1, -0.05) is 13.8 Å². The average molecular weight is 244 g/mol. The first-order valence-corrected chi connectivity index (χ1v) is 7.51. The van der Waals surface area contributed by atoms with Gasteiger partial charge in [-0.3, -0.25) is 9.13 Å². The van der Waals surface area contributed by atoms with Crippen LogP contribution in [0.1, 0.15) is 33.6 Å². The summed E-state index contributed by atoms with van der Waals surface area (Å²) in [6, 6.07) is 0. The van der Waals surface area contributed by atoms with Crippen LogP contribution < -0.4 is 0 Å². The SMILES string of the molecule is CCO[PH](=O)C(CC)(CC)P(=O)(O)O. The third kappa shape index (κ3) is 2.68. The van der Waals surface area contributed by atoms with Crippen molar-refractivity contribution in [1.82, 2.24) is 0 Å². The van der Waals surface area contributed by atoms with Crippen molar-refractivity contribution in [2.75, 3.05) is 6.61 Å². The molecule has 0 heterocycles. The molecule has 86 valence electrons. The minimum Gasteiger partial charge on any atom is -0.330 e. The highest BCUT2D eigenvalue weighted by atomic mass is 31.2. The Morgan fingerprint density at radius 3 is 1.93 bits per heavy atom. The van der Waals surface area contributed by atoms with E-state index < -0.39 is 20.5 Å². The summed E-state index contributed by atoms with van der Waals surface area (Å²) in [5.74, 6) is 0. The molecule has 0 aromatic heterocycles. The second-order valence-electron chi connectivity index (χ2n) is 3.00. The molecule has 7 heteroatoms. The highest BCUT2D eigenvalue weighted by molar-refractivity contribution is 7.67. The van der Waals surface area contributed by atoms with Crippen LogP contribution in [0.4, 0.5) is 0 Å². The normalized spacial score (nSPS) is 15.5. The van der Waals surface area contributed by atoms with Crippen LogP contribution >= 0.6 is 15.6 Å². The molecule has 0 aromatic carbocycles. The maximum absolute atomic E-state index is 11.6. The fourth-order valence-electron chi connectivity index (χ4n) is 1.33. The third-order valence-corrected chi connectivity index (χ3v) is 7.57. The summed E-state index contributed by atoms with van der Waals surface area (Å²) in [5.41, 5.74) is 0. The quantitative estimate of drug-likeness (QED) is 0.699. The van der Waals surface area contributed by atoms with Crippen molar-refractivity contribution in [2.24, 2.45) is 0 Å².